The van der Waals surface area contributed by atoms with Crippen molar-refractivity contribution in [1.82, 2.24) is 9.47 Å². The fourth-order valence-electron chi connectivity index (χ4n) is 3.57. The van der Waals surface area contributed by atoms with Gasteiger partial charge in [0.05, 0.1) is 28.2 Å². The van der Waals surface area contributed by atoms with Crippen LogP contribution in [0.1, 0.15) is 34.9 Å². The Balaban J connectivity index is 1.60. The summed E-state index contributed by atoms with van der Waals surface area (Å²) in [6.07, 6.45) is -1.69. The third-order valence-electron chi connectivity index (χ3n) is 5.22. The number of halogens is 3. The lowest BCUT2D eigenvalue weighted by atomic mass is 10.0. The van der Waals surface area contributed by atoms with E-state index >= 15 is 0 Å². The second kappa shape index (κ2) is 9.63. The van der Waals surface area contributed by atoms with Gasteiger partial charge in [-0.15, -0.1) is 11.8 Å². The molecule has 1 aromatic carbocycles. The van der Waals surface area contributed by atoms with Crippen LogP contribution in [0, 0.1) is 10.1 Å². The zero-order chi connectivity index (χ0) is 23.5. The summed E-state index contributed by atoms with van der Waals surface area (Å²) in [4.78, 5) is 36.3. The number of thioether (sulfide) groups is 1. The number of benzene rings is 1. The Hall–Kier alpha value is -3.02. The number of alkyl halides is 3. The average molecular weight is 471 g/mol. The number of ether oxygens (including phenoxy) is 1. The molecule has 0 radical (unpaired) electrons. The van der Waals surface area contributed by atoms with Gasteiger partial charge in [0.25, 0.3) is 5.69 Å². The highest BCUT2D eigenvalue weighted by molar-refractivity contribution is 8.00. The molecule has 2 heterocycles. The van der Waals surface area contributed by atoms with E-state index in [0.717, 1.165) is 23.9 Å². The van der Waals surface area contributed by atoms with Crippen LogP contribution in [0.3, 0.4) is 0 Å². The molecule has 32 heavy (non-hydrogen) atoms. The number of nitro groups is 1. The third-order valence-corrected chi connectivity index (χ3v) is 6.27. The number of rotatable bonds is 6. The molecule has 1 aromatic heterocycles. The van der Waals surface area contributed by atoms with Gasteiger partial charge in [-0.1, -0.05) is 0 Å². The Morgan fingerprint density at radius 1 is 1.25 bits per heavy atom. The van der Waals surface area contributed by atoms with Gasteiger partial charge in [0.1, 0.15) is 5.69 Å². The molecule has 172 valence electrons. The van der Waals surface area contributed by atoms with E-state index in [2.05, 4.69) is 0 Å². The Morgan fingerprint density at radius 3 is 2.53 bits per heavy atom. The molecule has 1 fully saturated rings. The van der Waals surface area contributed by atoms with Crippen LogP contribution in [0.15, 0.2) is 41.4 Å². The van der Waals surface area contributed by atoms with Crippen molar-refractivity contribution in [2.45, 2.75) is 30.0 Å². The van der Waals surface area contributed by atoms with E-state index in [9.17, 15) is 32.9 Å². The van der Waals surface area contributed by atoms with Gasteiger partial charge < -0.3 is 14.2 Å². The molecule has 8 nitrogen and oxygen atoms in total. The smallest absolute Gasteiger partial charge is 0.416 e. The number of carbonyl (C=O) groups excluding carboxylic acids is 2. The summed E-state index contributed by atoms with van der Waals surface area (Å²) >= 11 is 0.838. The highest BCUT2D eigenvalue weighted by Gasteiger charge is 2.33. The SMILES string of the molecule is COC(=O)c1cccn1C1CCN(C(=O)CSc2ccc(C(F)(F)F)cc2[N+](=O)[O-])CC1. The summed E-state index contributed by atoms with van der Waals surface area (Å²) in [6, 6.07) is 5.70. The van der Waals surface area contributed by atoms with Crippen molar-refractivity contribution in [3.05, 3.63) is 57.9 Å². The first-order valence-electron chi connectivity index (χ1n) is 9.63. The summed E-state index contributed by atoms with van der Waals surface area (Å²) in [6.45, 7) is 0.857. The van der Waals surface area contributed by atoms with Crippen LogP contribution in [0.4, 0.5) is 18.9 Å². The number of amides is 1. The lowest BCUT2D eigenvalue weighted by Gasteiger charge is -2.33. The molecular weight excluding hydrogens is 451 g/mol. The van der Waals surface area contributed by atoms with Crippen molar-refractivity contribution in [3.8, 4) is 0 Å². The minimum atomic E-state index is -4.69. The number of nitro benzene ring substituents is 1. The van der Waals surface area contributed by atoms with E-state index in [1.807, 2.05) is 4.57 Å². The van der Waals surface area contributed by atoms with Gasteiger partial charge in [-0.2, -0.15) is 13.2 Å². The van der Waals surface area contributed by atoms with E-state index in [-0.39, 0.29) is 22.6 Å². The largest absolute Gasteiger partial charge is 0.464 e. The maximum atomic E-state index is 12.8. The van der Waals surface area contributed by atoms with Crippen LogP contribution in [-0.2, 0) is 15.7 Å². The van der Waals surface area contributed by atoms with E-state index in [4.69, 9.17) is 4.74 Å². The quantitative estimate of drug-likeness (QED) is 0.272. The zero-order valence-electron chi connectivity index (χ0n) is 17.0. The van der Waals surface area contributed by atoms with Crippen LogP contribution < -0.4 is 0 Å². The Kier molecular flexibility index (Phi) is 7.12. The standard InChI is InChI=1S/C20H20F3N3O5S/c1-31-19(28)15-3-2-8-25(15)14-6-9-24(10-7-14)18(27)12-32-17-5-4-13(20(21,22)23)11-16(17)26(29)30/h2-5,8,11,14H,6-7,9-10,12H2,1H3. The second-order valence-electron chi connectivity index (χ2n) is 7.13. The fraction of sp³-hybridized carbons (Fsp3) is 0.400. The molecule has 3 rings (SSSR count). The number of esters is 1. The molecule has 1 aliphatic heterocycles. The predicted molar refractivity (Wildman–Crippen MR) is 109 cm³/mol. The van der Waals surface area contributed by atoms with Gasteiger partial charge in [-0.3, -0.25) is 14.9 Å². The lowest BCUT2D eigenvalue weighted by molar-refractivity contribution is -0.388. The second-order valence-corrected chi connectivity index (χ2v) is 8.15. The number of piperidine rings is 1. The molecule has 2 aromatic rings. The van der Waals surface area contributed by atoms with Crippen molar-refractivity contribution in [3.63, 3.8) is 0 Å². The predicted octanol–water partition coefficient (Wildman–Crippen LogP) is 4.16. The average Bonchev–Trinajstić information content (AvgIpc) is 3.26. The van der Waals surface area contributed by atoms with Crippen molar-refractivity contribution in [2.75, 3.05) is 26.0 Å². The minimum absolute atomic E-state index is 0.00120. The van der Waals surface area contributed by atoms with Crippen molar-refractivity contribution < 1.29 is 32.4 Å². The number of methoxy groups -OCH3 is 1. The number of likely N-dealkylation sites (tertiary alicyclic amines) is 1. The first-order chi connectivity index (χ1) is 15.1. The zero-order valence-corrected chi connectivity index (χ0v) is 17.8. The molecule has 0 bridgehead atoms. The molecule has 1 amide bonds. The van der Waals surface area contributed by atoms with Gasteiger partial charge in [0.2, 0.25) is 5.91 Å². The molecular formula is C20H20F3N3O5S. The van der Waals surface area contributed by atoms with Crippen molar-refractivity contribution in [1.29, 1.82) is 0 Å². The molecule has 1 saturated heterocycles. The fourth-order valence-corrected chi connectivity index (χ4v) is 4.48. The van der Waals surface area contributed by atoms with Crippen LogP contribution in [-0.4, -0.2) is 52.2 Å². The Labute approximate surface area is 185 Å². The summed E-state index contributed by atoms with van der Waals surface area (Å²) in [5.41, 5.74) is -1.36. The summed E-state index contributed by atoms with van der Waals surface area (Å²) < 4.78 is 45.1. The summed E-state index contributed by atoms with van der Waals surface area (Å²) in [7, 11) is 1.31. The number of nitrogens with zero attached hydrogens (tertiary/aromatic N) is 3. The maximum absolute atomic E-state index is 12.8. The van der Waals surface area contributed by atoms with Gasteiger partial charge >= 0.3 is 12.1 Å². The number of carbonyl (C=O) groups is 2. The van der Waals surface area contributed by atoms with Crippen molar-refractivity contribution in [2.24, 2.45) is 0 Å². The molecule has 1 aliphatic rings. The first-order valence-corrected chi connectivity index (χ1v) is 10.6. The molecule has 0 unspecified atom stereocenters. The Morgan fingerprint density at radius 2 is 1.94 bits per heavy atom. The molecule has 12 heteroatoms. The topological polar surface area (TPSA) is 94.7 Å². The summed E-state index contributed by atoms with van der Waals surface area (Å²) in [5.74, 6) is -0.834. The highest BCUT2D eigenvalue weighted by atomic mass is 32.2. The van der Waals surface area contributed by atoms with Gasteiger partial charge in [-0.25, -0.2) is 4.79 Å². The van der Waals surface area contributed by atoms with E-state index < -0.39 is 28.3 Å². The molecule has 0 atom stereocenters. The number of aromatic nitrogens is 1. The lowest BCUT2D eigenvalue weighted by Crippen LogP contribution is -2.40. The van der Waals surface area contributed by atoms with Crippen LogP contribution in [0.5, 0.6) is 0 Å². The van der Waals surface area contributed by atoms with E-state index in [0.29, 0.717) is 37.7 Å². The van der Waals surface area contributed by atoms with Gasteiger partial charge in [0.15, 0.2) is 0 Å². The van der Waals surface area contributed by atoms with Gasteiger partial charge in [0, 0.05) is 31.4 Å². The first kappa shape index (κ1) is 23.6. The number of hydrogen-bond donors (Lipinski definition) is 0. The van der Waals surface area contributed by atoms with E-state index in [1.54, 1.807) is 23.2 Å². The van der Waals surface area contributed by atoms with Gasteiger partial charge in [-0.05, 0) is 37.1 Å². The summed E-state index contributed by atoms with van der Waals surface area (Å²) in [5, 5.41) is 11.2. The minimum Gasteiger partial charge on any atom is -0.464 e. The van der Waals surface area contributed by atoms with Crippen LogP contribution in [0.25, 0.3) is 0 Å². The van der Waals surface area contributed by atoms with Crippen LogP contribution >= 0.6 is 11.8 Å². The molecule has 0 spiro atoms. The molecule has 0 N–H and O–H groups in total. The molecule has 0 saturated carbocycles. The normalized spacial score (nSPS) is 14.9. The third kappa shape index (κ3) is 5.23. The van der Waals surface area contributed by atoms with Crippen LogP contribution in [0.2, 0.25) is 0 Å². The maximum Gasteiger partial charge on any atom is 0.416 e. The molecule has 0 aliphatic carbocycles. The Bertz CT molecular complexity index is 1020. The number of hydrogen-bond acceptors (Lipinski definition) is 6. The highest BCUT2D eigenvalue weighted by Crippen LogP contribution is 2.36. The monoisotopic (exact) mass is 471 g/mol. The van der Waals surface area contributed by atoms with Crippen molar-refractivity contribution >= 4 is 29.3 Å². The van der Waals surface area contributed by atoms with E-state index in [1.165, 1.54) is 7.11 Å².